The molecule has 1 aromatic carbocycles. The molecule has 1 N–H and O–H groups in total. The summed E-state index contributed by atoms with van der Waals surface area (Å²) in [5.74, 6) is -0.254. The fraction of sp³-hybridized carbons (Fsp3) is 0.0769. The summed E-state index contributed by atoms with van der Waals surface area (Å²) in [6.07, 6.45) is 1.33. The Morgan fingerprint density at radius 3 is 2.74 bits per heavy atom. The van der Waals surface area contributed by atoms with Crippen molar-refractivity contribution in [1.82, 2.24) is 4.98 Å². The highest BCUT2D eigenvalue weighted by molar-refractivity contribution is 6.35. The highest BCUT2D eigenvalue weighted by Crippen LogP contribution is 2.24. The van der Waals surface area contributed by atoms with Crippen LogP contribution < -0.4 is 4.90 Å². The van der Waals surface area contributed by atoms with Gasteiger partial charge in [0.25, 0.3) is 5.91 Å². The third-order valence-corrected chi connectivity index (χ3v) is 3.08. The average Bonchev–Trinajstić information content (AvgIpc) is 2.40. The van der Waals surface area contributed by atoms with Gasteiger partial charge >= 0.3 is 0 Å². The van der Waals surface area contributed by atoms with Crippen LogP contribution in [-0.2, 0) is 0 Å². The first-order valence-corrected chi connectivity index (χ1v) is 6.13. The summed E-state index contributed by atoms with van der Waals surface area (Å²) >= 11 is 11.7. The minimum absolute atomic E-state index is 0.0796. The second-order valence-corrected chi connectivity index (χ2v) is 4.67. The number of aromatic hydroxyl groups is 1. The highest BCUT2D eigenvalue weighted by Gasteiger charge is 2.17. The summed E-state index contributed by atoms with van der Waals surface area (Å²) in [7, 11) is 1.59. The van der Waals surface area contributed by atoms with Gasteiger partial charge in [0.2, 0.25) is 0 Å². The van der Waals surface area contributed by atoms with E-state index in [1.54, 1.807) is 19.2 Å². The molecule has 0 bridgehead atoms. The van der Waals surface area contributed by atoms with Gasteiger partial charge in [-0.15, -0.1) is 0 Å². The molecule has 1 heterocycles. The van der Waals surface area contributed by atoms with Gasteiger partial charge in [-0.1, -0.05) is 29.3 Å². The van der Waals surface area contributed by atoms with E-state index in [1.165, 1.54) is 29.3 Å². The summed E-state index contributed by atoms with van der Waals surface area (Å²) in [4.78, 5) is 17.5. The van der Waals surface area contributed by atoms with Crippen LogP contribution >= 0.6 is 23.2 Å². The zero-order valence-electron chi connectivity index (χ0n) is 9.97. The van der Waals surface area contributed by atoms with E-state index in [2.05, 4.69) is 4.98 Å². The molecule has 0 unspecified atom stereocenters. The Bertz CT molecular complexity index is 632. The minimum atomic E-state index is -0.333. The lowest BCUT2D eigenvalue weighted by molar-refractivity contribution is 0.0993. The summed E-state index contributed by atoms with van der Waals surface area (Å²) < 4.78 is 0. The van der Waals surface area contributed by atoms with Crippen molar-refractivity contribution in [1.29, 1.82) is 0 Å². The maximum atomic E-state index is 12.3. The second kappa shape index (κ2) is 5.47. The lowest BCUT2D eigenvalue weighted by Gasteiger charge is -2.18. The maximum absolute atomic E-state index is 12.3. The fourth-order valence-electron chi connectivity index (χ4n) is 1.58. The van der Waals surface area contributed by atoms with Gasteiger partial charge in [0.15, 0.2) is 0 Å². The predicted molar refractivity (Wildman–Crippen MR) is 75.1 cm³/mol. The van der Waals surface area contributed by atoms with Crippen LogP contribution in [0.15, 0.2) is 36.5 Å². The molecule has 0 radical (unpaired) electrons. The predicted octanol–water partition coefficient (Wildman–Crippen LogP) is 3.37. The molecule has 0 aliphatic rings. The van der Waals surface area contributed by atoms with Crippen molar-refractivity contribution in [2.75, 3.05) is 11.9 Å². The first-order valence-electron chi connectivity index (χ1n) is 5.37. The van der Waals surface area contributed by atoms with Gasteiger partial charge in [0.1, 0.15) is 10.9 Å². The molecule has 2 aromatic rings. The molecule has 0 fully saturated rings. The Hall–Kier alpha value is -1.78. The minimum Gasteiger partial charge on any atom is -0.508 e. The van der Waals surface area contributed by atoms with Gasteiger partial charge in [0.05, 0.1) is 10.6 Å². The van der Waals surface area contributed by atoms with E-state index in [0.717, 1.165) is 0 Å². The van der Waals surface area contributed by atoms with E-state index in [4.69, 9.17) is 23.2 Å². The molecule has 2 rings (SSSR count). The molecule has 0 aliphatic carbocycles. The van der Waals surface area contributed by atoms with Gasteiger partial charge in [0, 0.05) is 25.0 Å². The number of carbonyl (C=O) groups excluding carboxylic acids is 1. The Balaban J connectivity index is 2.36. The number of carbonyl (C=O) groups is 1. The molecule has 0 saturated heterocycles. The Labute approximate surface area is 120 Å². The number of aromatic nitrogens is 1. The third kappa shape index (κ3) is 2.97. The van der Waals surface area contributed by atoms with Crippen molar-refractivity contribution in [2.45, 2.75) is 0 Å². The number of halogens is 2. The van der Waals surface area contributed by atoms with E-state index < -0.39 is 0 Å². The number of phenolic OH excluding ortho intramolecular Hbond substituents is 1. The van der Waals surface area contributed by atoms with Crippen LogP contribution in [0.25, 0.3) is 0 Å². The number of hydrogen-bond donors (Lipinski definition) is 1. The van der Waals surface area contributed by atoms with E-state index >= 15 is 0 Å². The normalized spacial score (nSPS) is 10.3. The number of pyridine rings is 1. The lowest BCUT2D eigenvalue weighted by Crippen LogP contribution is -2.26. The Morgan fingerprint density at radius 1 is 1.32 bits per heavy atom. The molecule has 4 nitrogen and oxygen atoms in total. The van der Waals surface area contributed by atoms with Crippen LogP contribution in [0.3, 0.4) is 0 Å². The molecule has 0 atom stereocenters. The summed E-state index contributed by atoms with van der Waals surface area (Å²) in [6.45, 7) is 0. The SMILES string of the molecule is CN(C(=O)c1cc(Cl)ncc1Cl)c1cccc(O)c1. The molecule has 0 aliphatic heterocycles. The molecular weight excluding hydrogens is 287 g/mol. The zero-order valence-corrected chi connectivity index (χ0v) is 11.5. The third-order valence-electron chi connectivity index (χ3n) is 2.57. The van der Waals surface area contributed by atoms with E-state index in [1.807, 2.05) is 0 Å². The number of phenols is 1. The molecule has 6 heteroatoms. The highest BCUT2D eigenvalue weighted by atomic mass is 35.5. The molecule has 0 saturated carbocycles. The molecule has 1 amide bonds. The second-order valence-electron chi connectivity index (χ2n) is 3.87. The standard InChI is InChI=1S/C13H10Cl2N2O2/c1-17(8-3-2-4-9(18)5-8)13(19)10-6-12(15)16-7-11(10)14/h2-7,18H,1H3. The van der Waals surface area contributed by atoms with E-state index in [-0.39, 0.29) is 27.4 Å². The summed E-state index contributed by atoms with van der Waals surface area (Å²) in [5.41, 5.74) is 0.807. The van der Waals surface area contributed by atoms with Gasteiger partial charge in [-0.05, 0) is 18.2 Å². The lowest BCUT2D eigenvalue weighted by atomic mass is 10.2. The van der Waals surface area contributed by atoms with Crippen molar-refractivity contribution in [3.05, 3.63) is 52.3 Å². The number of anilines is 1. The summed E-state index contributed by atoms with van der Waals surface area (Å²) in [5, 5.41) is 9.83. The molecule has 98 valence electrons. The first kappa shape index (κ1) is 13.6. The number of rotatable bonds is 2. The number of hydrogen-bond acceptors (Lipinski definition) is 3. The Kier molecular flexibility index (Phi) is 3.93. The first-order chi connectivity index (χ1) is 8.99. The van der Waals surface area contributed by atoms with Crippen LogP contribution in [0.5, 0.6) is 5.75 Å². The smallest absolute Gasteiger partial charge is 0.259 e. The van der Waals surface area contributed by atoms with Crippen molar-refractivity contribution in [2.24, 2.45) is 0 Å². The largest absolute Gasteiger partial charge is 0.508 e. The summed E-state index contributed by atoms with van der Waals surface area (Å²) in [6, 6.07) is 7.77. The number of benzene rings is 1. The quantitative estimate of drug-likeness (QED) is 0.865. The van der Waals surface area contributed by atoms with Crippen molar-refractivity contribution in [3.63, 3.8) is 0 Å². The van der Waals surface area contributed by atoms with E-state index in [0.29, 0.717) is 5.69 Å². The van der Waals surface area contributed by atoms with Crippen molar-refractivity contribution in [3.8, 4) is 5.75 Å². The molecular formula is C13H10Cl2N2O2. The van der Waals surface area contributed by atoms with Gasteiger partial charge < -0.3 is 10.0 Å². The molecule has 19 heavy (non-hydrogen) atoms. The van der Waals surface area contributed by atoms with Crippen molar-refractivity contribution < 1.29 is 9.90 Å². The Morgan fingerprint density at radius 2 is 2.05 bits per heavy atom. The number of nitrogens with zero attached hydrogens (tertiary/aromatic N) is 2. The van der Waals surface area contributed by atoms with Crippen LogP contribution in [0.4, 0.5) is 5.69 Å². The monoisotopic (exact) mass is 296 g/mol. The molecule has 0 spiro atoms. The van der Waals surface area contributed by atoms with Crippen LogP contribution in [-0.4, -0.2) is 23.0 Å². The van der Waals surface area contributed by atoms with Gasteiger partial charge in [-0.2, -0.15) is 0 Å². The maximum Gasteiger partial charge on any atom is 0.259 e. The number of amides is 1. The van der Waals surface area contributed by atoms with Crippen LogP contribution in [0.1, 0.15) is 10.4 Å². The zero-order chi connectivity index (χ0) is 14.0. The van der Waals surface area contributed by atoms with Crippen LogP contribution in [0.2, 0.25) is 10.2 Å². The average molecular weight is 297 g/mol. The topological polar surface area (TPSA) is 53.4 Å². The molecule has 1 aromatic heterocycles. The van der Waals surface area contributed by atoms with E-state index in [9.17, 15) is 9.90 Å². The van der Waals surface area contributed by atoms with Gasteiger partial charge in [-0.25, -0.2) is 4.98 Å². The van der Waals surface area contributed by atoms with Crippen LogP contribution in [0, 0.1) is 0 Å². The fourth-order valence-corrected chi connectivity index (χ4v) is 1.92. The van der Waals surface area contributed by atoms with Gasteiger partial charge in [-0.3, -0.25) is 4.79 Å². The van der Waals surface area contributed by atoms with Crippen molar-refractivity contribution >= 4 is 34.8 Å².